The molecular formula is C14H20BrN3S. The van der Waals surface area contributed by atoms with Crippen LogP contribution in [0.4, 0.5) is 0 Å². The number of aryl methyl sites for hydroxylation is 2. The van der Waals surface area contributed by atoms with Gasteiger partial charge in [0.2, 0.25) is 0 Å². The molecule has 1 unspecified atom stereocenters. The van der Waals surface area contributed by atoms with Crippen molar-refractivity contribution < 1.29 is 0 Å². The minimum absolute atomic E-state index is 0.460. The number of nitrogens with one attached hydrogen (secondary N) is 1. The highest BCUT2D eigenvalue weighted by Crippen LogP contribution is 2.21. The van der Waals surface area contributed by atoms with Crippen LogP contribution in [0.15, 0.2) is 21.3 Å². The first-order chi connectivity index (χ1) is 9.11. The Morgan fingerprint density at radius 1 is 1.53 bits per heavy atom. The van der Waals surface area contributed by atoms with Gasteiger partial charge in [-0.15, -0.1) is 0 Å². The summed E-state index contributed by atoms with van der Waals surface area (Å²) in [7, 11) is 2.00. The summed E-state index contributed by atoms with van der Waals surface area (Å²) in [5, 5.41) is 12.4. The molecule has 0 spiro atoms. The van der Waals surface area contributed by atoms with E-state index in [2.05, 4.69) is 57.0 Å². The van der Waals surface area contributed by atoms with Crippen LogP contribution in [0.1, 0.15) is 30.8 Å². The van der Waals surface area contributed by atoms with Crippen LogP contribution in [0, 0.1) is 0 Å². The Morgan fingerprint density at radius 3 is 2.89 bits per heavy atom. The lowest BCUT2D eigenvalue weighted by molar-refractivity contribution is 0.525. The van der Waals surface area contributed by atoms with E-state index in [4.69, 9.17) is 0 Å². The molecule has 0 amide bonds. The molecule has 2 heterocycles. The van der Waals surface area contributed by atoms with Gasteiger partial charge in [0.15, 0.2) is 0 Å². The van der Waals surface area contributed by atoms with Gasteiger partial charge in [-0.25, -0.2) is 0 Å². The maximum absolute atomic E-state index is 4.51. The highest BCUT2D eigenvalue weighted by Gasteiger charge is 2.13. The fraction of sp³-hybridized carbons (Fsp3) is 0.500. The van der Waals surface area contributed by atoms with E-state index in [1.165, 1.54) is 11.3 Å². The van der Waals surface area contributed by atoms with Crippen LogP contribution in [0.3, 0.4) is 0 Å². The molecule has 0 saturated carbocycles. The summed E-state index contributed by atoms with van der Waals surface area (Å²) in [6.45, 7) is 5.20. The molecule has 104 valence electrons. The first-order valence-electron chi connectivity index (χ1n) is 6.56. The van der Waals surface area contributed by atoms with Crippen molar-refractivity contribution in [2.75, 3.05) is 0 Å². The molecule has 3 nitrogen and oxygen atoms in total. The van der Waals surface area contributed by atoms with E-state index in [1.807, 2.05) is 11.7 Å². The Bertz CT molecular complexity index is 519. The predicted octanol–water partition coefficient (Wildman–Crippen LogP) is 3.53. The number of hydrogen-bond acceptors (Lipinski definition) is 3. The molecule has 0 aliphatic carbocycles. The van der Waals surface area contributed by atoms with Crippen molar-refractivity contribution in [3.05, 3.63) is 38.3 Å². The van der Waals surface area contributed by atoms with Gasteiger partial charge in [-0.2, -0.15) is 16.4 Å². The van der Waals surface area contributed by atoms with Crippen molar-refractivity contribution >= 4 is 27.3 Å². The SMILES string of the molecule is CCc1nn(C)c(CNC(C)Cc2ccsc2)c1Br. The third kappa shape index (κ3) is 3.68. The van der Waals surface area contributed by atoms with Crippen LogP contribution in [-0.4, -0.2) is 15.8 Å². The molecule has 2 aromatic rings. The molecule has 0 aliphatic rings. The minimum atomic E-state index is 0.460. The topological polar surface area (TPSA) is 29.9 Å². The van der Waals surface area contributed by atoms with E-state index in [0.717, 1.165) is 29.6 Å². The summed E-state index contributed by atoms with van der Waals surface area (Å²) in [6, 6.07) is 2.65. The van der Waals surface area contributed by atoms with E-state index in [-0.39, 0.29) is 0 Å². The van der Waals surface area contributed by atoms with Gasteiger partial charge < -0.3 is 5.32 Å². The van der Waals surface area contributed by atoms with Gasteiger partial charge in [-0.05, 0) is 58.1 Å². The standard InChI is InChI=1S/C14H20BrN3S/c1-4-12-14(15)13(18(3)17-12)8-16-10(2)7-11-5-6-19-9-11/h5-6,9-10,16H,4,7-8H2,1-3H3. The van der Waals surface area contributed by atoms with E-state index in [0.29, 0.717) is 6.04 Å². The smallest absolute Gasteiger partial charge is 0.0767 e. The predicted molar refractivity (Wildman–Crippen MR) is 84.6 cm³/mol. The highest BCUT2D eigenvalue weighted by molar-refractivity contribution is 9.10. The Hall–Kier alpha value is -0.650. The van der Waals surface area contributed by atoms with E-state index < -0.39 is 0 Å². The second-order valence-electron chi connectivity index (χ2n) is 4.80. The Labute approximate surface area is 127 Å². The number of aromatic nitrogens is 2. The number of nitrogens with zero attached hydrogens (tertiary/aromatic N) is 2. The maximum atomic E-state index is 4.51. The number of rotatable bonds is 6. The lowest BCUT2D eigenvalue weighted by Gasteiger charge is -2.13. The molecular weight excluding hydrogens is 322 g/mol. The molecule has 0 bridgehead atoms. The van der Waals surface area contributed by atoms with Gasteiger partial charge in [0, 0.05) is 19.6 Å². The molecule has 1 atom stereocenters. The number of hydrogen-bond donors (Lipinski definition) is 1. The molecule has 5 heteroatoms. The van der Waals surface area contributed by atoms with Gasteiger partial charge >= 0.3 is 0 Å². The molecule has 1 N–H and O–H groups in total. The Morgan fingerprint density at radius 2 is 2.32 bits per heavy atom. The largest absolute Gasteiger partial charge is 0.308 e. The van der Waals surface area contributed by atoms with Crippen LogP contribution in [0.2, 0.25) is 0 Å². The number of halogens is 1. The Balaban J connectivity index is 1.93. The first-order valence-corrected chi connectivity index (χ1v) is 8.30. The highest BCUT2D eigenvalue weighted by atomic mass is 79.9. The second kappa shape index (κ2) is 6.68. The fourth-order valence-electron chi connectivity index (χ4n) is 2.12. The lowest BCUT2D eigenvalue weighted by Crippen LogP contribution is -2.28. The first kappa shape index (κ1) is 14.8. The van der Waals surface area contributed by atoms with Crippen molar-refractivity contribution in [1.29, 1.82) is 0 Å². The van der Waals surface area contributed by atoms with Crippen molar-refractivity contribution in [3.8, 4) is 0 Å². The third-order valence-electron chi connectivity index (χ3n) is 3.24. The normalized spacial score (nSPS) is 12.8. The minimum Gasteiger partial charge on any atom is -0.308 e. The monoisotopic (exact) mass is 341 g/mol. The van der Waals surface area contributed by atoms with Crippen molar-refractivity contribution in [3.63, 3.8) is 0 Å². The van der Waals surface area contributed by atoms with Crippen LogP contribution in [0.5, 0.6) is 0 Å². The van der Waals surface area contributed by atoms with Gasteiger partial charge in [0.1, 0.15) is 0 Å². The summed E-state index contributed by atoms with van der Waals surface area (Å²) in [5.74, 6) is 0. The summed E-state index contributed by atoms with van der Waals surface area (Å²) in [4.78, 5) is 0. The summed E-state index contributed by atoms with van der Waals surface area (Å²) >= 11 is 5.41. The molecule has 0 fully saturated rings. The summed E-state index contributed by atoms with van der Waals surface area (Å²) in [5.41, 5.74) is 3.75. The molecule has 0 radical (unpaired) electrons. The zero-order valence-electron chi connectivity index (χ0n) is 11.6. The molecule has 0 saturated heterocycles. The summed E-state index contributed by atoms with van der Waals surface area (Å²) in [6.07, 6.45) is 2.03. The van der Waals surface area contributed by atoms with Gasteiger partial charge in [-0.3, -0.25) is 4.68 Å². The zero-order valence-corrected chi connectivity index (χ0v) is 14.0. The third-order valence-corrected chi connectivity index (χ3v) is 4.89. The van der Waals surface area contributed by atoms with Crippen molar-refractivity contribution in [2.45, 2.75) is 39.3 Å². The molecule has 0 aromatic carbocycles. The average molecular weight is 342 g/mol. The van der Waals surface area contributed by atoms with E-state index in [9.17, 15) is 0 Å². The lowest BCUT2D eigenvalue weighted by atomic mass is 10.1. The fourth-order valence-corrected chi connectivity index (χ4v) is 3.56. The van der Waals surface area contributed by atoms with Crippen LogP contribution < -0.4 is 5.32 Å². The van der Waals surface area contributed by atoms with Gasteiger partial charge in [-0.1, -0.05) is 6.92 Å². The molecule has 2 aromatic heterocycles. The van der Waals surface area contributed by atoms with Crippen LogP contribution in [-0.2, 0) is 26.4 Å². The van der Waals surface area contributed by atoms with Crippen LogP contribution >= 0.6 is 27.3 Å². The second-order valence-corrected chi connectivity index (χ2v) is 6.38. The average Bonchev–Trinajstić information content (AvgIpc) is 2.96. The van der Waals surface area contributed by atoms with Crippen LogP contribution in [0.25, 0.3) is 0 Å². The van der Waals surface area contributed by atoms with Crippen molar-refractivity contribution in [1.82, 2.24) is 15.1 Å². The van der Waals surface area contributed by atoms with Gasteiger partial charge in [0.25, 0.3) is 0 Å². The van der Waals surface area contributed by atoms with E-state index >= 15 is 0 Å². The summed E-state index contributed by atoms with van der Waals surface area (Å²) < 4.78 is 3.11. The van der Waals surface area contributed by atoms with Crippen molar-refractivity contribution in [2.24, 2.45) is 7.05 Å². The quantitative estimate of drug-likeness (QED) is 0.870. The maximum Gasteiger partial charge on any atom is 0.0767 e. The molecule has 19 heavy (non-hydrogen) atoms. The molecule has 0 aliphatic heterocycles. The van der Waals surface area contributed by atoms with Gasteiger partial charge in [0.05, 0.1) is 15.9 Å². The zero-order chi connectivity index (χ0) is 13.8. The number of thiophene rings is 1. The van der Waals surface area contributed by atoms with E-state index in [1.54, 1.807) is 11.3 Å². The molecule has 2 rings (SSSR count). The Kier molecular flexibility index (Phi) is 5.19.